The van der Waals surface area contributed by atoms with Crippen LogP contribution in [0.2, 0.25) is 0 Å². The van der Waals surface area contributed by atoms with Crippen LogP contribution in [-0.2, 0) is 10.2 Å². The molecule has 1 heterocycles. The van der Waals surface area contributed by atoms with Gasteiger partial charge in [-0.05, 0) is 18.6 Å². The zero-order chi connectivity index (χ0) is 15.8. The average molecular weight is 286 g/mol. The minimum Gasteiger partial charge on any atom is -0.358 e. The van der Waals surface area contributed by atoms with E-state index in [1.54, 1.807) is 0 Å². The zero-order valence-corrected chi connectivity index (χ0v) is 13.9. The molecule has 1 aromatic heterocycles. The first kappa shape index (κ1) is 15.6. The third-order valence-electron chi connectivity index (χ3n) is 3.94. The number of carbonyl (C=O) groups is 1. The van der Waals surface area contributed by atoms with Crippen LogP contribution >= 0.6 is 0 Å². The Labute approximate surface area is 127 Å². The van der Waals surface area contributed by atoms with Gasteiger partial charge in [-0.1, -0.05) is 52.8 Å². The van der Waals surface area contributed by atoms with E-state index in [1.165, 1.54) is 16.6 Å². The number of fused-ring (bicyclic) bond motifs is 1. The number of H-pyrrole nitrogens is 1. The van der Waals surface area contributed by atoms with Gasteiger partial charge in [-0.25, -0.2) is 0 Å². The lowest BCUT2D eigenvalue weighted by Crippen LogP contribution is -2.42. The zero-order valence-electron chi connectivity index (χ0n) is 13.9. The van der Waals surface area contributed by atoms with Crippen molar-refractivity contribution >= 4 is 16.8 Å². The van der Waals surface area contributed by atoms with Crippen molar-refractivity contribution in [3.8, 4) is 0 Å². The molecule has 0 saturated carbocycles. The molecule has 0 unspecified atom stereocenters. The second kappa shape index (κ2) is 5.21. The van der Waals surface area contributed by atoms with Crippen molar-refractivity contribution in [3.63, 3.8) is 0 Å². The van der Waals surface area contributed by atoms with Crippen molar-refractivity contribution < 1.29 is 4.79 Å². The molecule has 0 spiro atoms. The normalized spacial score (nSPS) is 12.7. The molecule has 0 aliphatic heterocycles. The van der Waals surface area contributed by atoms with Crippen LogP contribution < -0.4 is 5.32 Å². The second-order valence-electron chi connectivity index (χ2n) is 7.49. The number of para-hydroxylation sites is 1. The molecule has 3 nitrogen and oxygen atoms in total. The van der Waals surface area contributed by atoms with E-state index >= 15 is 0 Å². The van der Waals surface area contributed by atoms with E-state index in [0.29, 0.717) is 6.54 Å². The molecule has 0 bridgehead atoms. The van der Waals surface area contributed by atoms with Crippen molar-refractivity contribution in [2.24, 2.45) is 5.41 Å². The van der Waals surface area contributed by atoms with Gasteiger partial charge in [-0.3, -0.25) is 4.79 Å². The Morgan fingerprint density at radius 2 is 1.76 bits per heavy atom. The van der Waals surface area contributed by atoms with Crippen LogP contribution in [0.5, 0.6) is 0 Å². The minimum absolute atomic E-state index is 0.0908. The molecule has 0 fully saturated rings. The van der Waals surface area contributed by atoms with Crippen LogP contribution in [0.15, 0.2) is 24.3 Å². The highest BCUT2D eigenvalue weighted by atomic mass is 16.2. The molecule has 21 heavy (non-hydrogen) atoms. The van der Waals surface area contributed by atoms with Gasteiger partial charge in [0, 0.05) is 34.0 Å². The standard InChI is InChI=1S/C18H26N2O/c1-12-15(13-9-7-8-10-14(13)20-12)18(5,6)11-19-16(21)17(2,3)4/h7-10,20H,11H2,1-6H3,(H,19,21). The van der Waals surface area contributed by atoms with Crippen LogP contribution in [0.3, 0.4) is 0 Å². The van der Waals surface area contributed by atoms with Crippen molar-refractivity contribution in [1.82, 2.24) is 10.3 Å². The first-order valence-corrected chi connectivity index (χ1v) is 7.49. The lowest BCUT2D eigenvalue weighted by Gasteiger charge is -2.28. The van der Waals surface area contributed by atoms with Crippen LogP contribution in [0.4, 0.5) is 0 Å². The SMILES string of the molecule is Cc1[nH]c2ccccc2c1C(C)(C)CNC(=O)C(C)(C)C. The molecular formula is C18H26N2O. The van der Waals surface area contributed by atoms with Crippen molar-refractivity contribution in [3.05, 3.63) is 35.5 Å². The number of hydrogen-bond donors (Lipinski definition) is 2. The molecule has 0 saturated heterocycles. The largest absolute Gasteiger partial charge is 0.358 e. The minimum atomic E-state index is -0.356. The number of rotatable bonds is 3. The average Bonchev–Trinajstić information content (AvgIpc) is 2.71. The summed E-state index contributed by atoms with van der Waals surface area (Å²) in [7, 11) is 0. The molecule has 0 aliphatic rings. The van der Waals surface area contributed by atoms with Crippen molar-refractivity contribution in [2.75, 3.05) is 6.54 Å². The Morgan fingerprint density at radius 1 is 1.14 bits per heavy atom. The molecule has 114 valence electrons. The summed E-state index contributed by atoms with van der Waals surface area (Å²) >= 11 is 0. The first-order chi connectivity index (χ1) is 9.63. The van der Waals surface area contributed by atoms with Crippen LogP contribution in [-0.4, -0.2) is 17.4 Å². The number of carbonyl (C=O) groups excluding carboxylic acids is 1. The molecule has 2 rings (SSSR count). The number of benzene rings is 1. The predicted molar refractivity (Wildman–Crippen MR) is 88.5 cm³/mol. The first-order valence-electron chi connectivity index (χ1n) is 7.49. The Morgan fingerprint density at radius 3 is 2.38 bits per heavy atom. The van der Waals surface area contributed by atoms with E-state index in [9.17, 15) is 4.79 Å². The van der Waals surface area contributed by atoms with E-state index in [2.05, 4.69) is 49.3 Å². The Bertz CT molecular complexity index is 659. The maximum Gasteiger partial charge on any atom is 0.225 e. The molecule has 1 amide bonds. The molecule has 0 aliphatic carbocycles. The molecule has 2 aromatic rings. The topological polar surface area (TPSA) is 44.9 Å². The van der Waals surface area contributed by atoms with Crippen molar-refractivity contribution in [1.29, 1.82) is 0 Å². The Kier molecular flexibility index (Phi) is 3.87. The highest BCUT2D eigenvalue weighted by Crippen LogP contribution is 2.33. The van der Waals surface area contributed by atoms with E-state index in [-0.39, 0.29) is 16.7 Å². The summed E-state index contributed by atoms with van der Waals surface area (Å²) in [5.41, 5.74) is 3.13. The Balaban J connectivity index is 2.30. The summed E-state index contributed by atoms with van der Waals surface area (Å²) in [4.78, 5) is 15.5. The molecule has 0 atom stereocenters. The van der Waals surface area contributed by atoms with Gasteiger partial charge in [0.15, 0.2) is 0 Å². The van der Waals surface area contributed by atoms with Crippen LogP contribution in [0.25, 0.3) is 10.9 Å². The predicted octanol–water partition coefficient (Wildman–Crippen LogP) is 3.92. The third-order valence-corrected chi connectivity index (χ3v) is 3.94. The van der Waals surface area contributed by atoms with E-state index in [4.69, 9.17) is 0 Å². The third kappa shape index (κ3) is 3.12. The summed E-state index contributed by atoms with van der Waals surface area (Å²) in [6.45, 7) is 12.9. The molecule has 1 aromatic carbocycles. The summed E-state index contributed by atoms with van der Waals surface area (Å²) in [5.74, 6) is 0.0908. The summed E-state index contributed by atoms with van der Waals surface area (Å²) in [5, 5.41) is 4.33. The number of amides is 1. The maximum absolute atomic E-state index is 12.1. The quantitative estimate of drug-likeness (QED) is 0.882. The van der Waals surface area contributed by atoms with E-state index in [1.807, 2.05) is 26.8 Å². The molecular weight excluding hydrogens is 260 g/mol. The van der Waals surface area contributed by atoms with E-state index < -0.39 is 0 Å². The second-order valence-corrected chi connectivity index (χ2v) is 7.49. The molecule has 0 radical (unpaired) electrons. The van der Waals surface area contributed by atoms with Gasteiger partial charge in [-0.2, -0.15) is 0 Å². The van der Waals surface area contributed by atoms with Gasteiger partial charge < -0.3 is 10.3 Å². The number of hydrogen-bond acceptors (Lipinski definition) is 1. The lowest BCUT2D eigenvalue weighted by molar-refractivity contribution is -0.128. The number of aromatic nitrogens is 1. The van der Waals surface area contributed by atoms with Gasteiger partial charge in [0.1, 0.15) is 0 Å². The smallest absolute Gasteiger partial charge is 0.225 e. The summed E-state index contributed by atoms with van der Waals surface area (Å²) in [6.07, 6.45) is 0. The summed E-state index contributed by atoms with van der Waals surface area (Å²) in [6, 6.07) is 8.33. The monoisotopic (exact) mass is 286 g/mol. The summed E-state index contributed by atoms with van der Waals surface area (Å²) < 4.78 is 0. The van der Waals surface area contributed by atoms with Gasteiger partial charge in [0.2, 0.25) is 5.91 Å². The fourth-order valence-electron chi connectivity index (χ4n) is 2.80. The van der Waals surface area contributed by atoms with Crippen LogP contribution in [0, 0.1) is 12.3 Å². The highest BCUT2D eigenvalue weighted by molar-refractivity contribution is 5.86. The fourth-order valence-corrected chi connectivity index (χ4v) is 2.80. The Hall–Kier alpha value is -1.77. The van der Waals surface area contributed by atoms with Gasteiger partial charge in [-0.15, -0.1) is 0 Å². The number of aromatic amines is 1. The van der Waals surface area contributed by atoms with Crippen molar-refractivity contribution in [2.45, 2.75) is 47.0 Å². The van der Waals surface area contributed by atoms with E-state index in [0.717, 1.165) is 5.52 Å². The fraction of sp³-hybridized carbons (Fsp3) is 0.500. The lowest BCUT2D eigenvalue weighted by atomic mass is 9.82. The van der Waals surface area contributed by atoms with Gasteiger partial charge >= 0.3 is 0 Å². The molecule has 3 heteroatoms. The van der Waals surface area contributed by atoms with Crippen LogP contribution in [0.1, 0.15) is 45.9 Å². The molecule has 2 N–H and O–H groups in total. The maximum atomic E-state index is 12.1. The number of nitrogens with one attached hydrogen (secondary N) is 2. The van der Waals surface area contributed by atoms with Gasteiger partial charge in [0.05, 0.1) is 0 Å². The number of aryl methyl sites for hydroxylation is 1. The highest BCUT2D eigenvalue weighted by Gasteiger charge is 2.29. The van der Waals surface area contributed by atoms with Gasteiger partial charge in [0.25, 0.3) is 0 Å².